The number of hydrogen-bond acceptors (Lipinski definition) is 2. The van der Waals surface area contributed by atoms with Crippen LogP contribution in [-0.4, -0.2) is 10.2 Å². The van der Waals surface area contributed by atoms with Gasteiger partial charge in [-0.1, -0.05) is 0 Å². The lowest BCUT2D eigenvalue weighted by Crippen LogP contribution is -2.20. The first-order valence-corrected chi connectivity index (χ1v) is 6.10. The SMILES string of the molecule is Oc1c(NC(=S)Nc2ccc(F)c(F)c2F)ccc(F)c1F. The van der Waals surface area contributed by atoms with Crippen LogP contribution in [0.3, 0.4) is 0 Å². The van der Waals surface area contributed by atoms with Crippen molar-refractivity contribution in [3.8, 4) is 5.75 Å². The first kappa shape index (κ1) is 16.0. The normalized spacial score (nSPS) is 10.4. The molecule has 0 aliphatic heterocycles. The number of nitrogens with one attached hydrogen (secondary N) is 2. The zero-order chi connectivity index (χ0) is 16.4. The number of benzene rings is 2. The van der Waals surface area contributed by atoms with Crippen molar-refractivity contribution in [3.05, 3.63) is 53.4 Å². The van der Waals surface area contributed by atoms with Crippen molar-refractivity contribution in [2.45, 2.75) is 0 Å². The fourth-order valence-corrected chi connectivity index (χ4v) is 1.76. The number of anilines is 2. The largest absolute Gasteiger partial charge is 0.503 e. The van der Waals surface area contributed by atoms with Crippen molar-refractivity contribution in [1.29, 1.82) is 0 Å². The molecule has 0 fully saturated rings. The summed E-state index contributed by atoms with van der Waals surface area (Å²) in [5, 5.41) is 13.5. The molecule has 0 bridgehead atoms. The van der Waals surface area contributed by atoms with Crippen LogP contribution in [0.2, 0.25) is 0 Å². The standard InChI is InChI=1S/C13H7F5N2OS/c14-5-1-3-7(11(18)9(5)16)19-13(22)20-8-4-2-6(15)10(17)12(8)21/h1-4,21H,(H2,19,20,22). The smallest absolute Gasteiger partial charge is 0.202 e. The van der Waals surface area contributed by atoms with Crippen LogP contribution >= 0.6 is 12.2 Å². The Morgan fingerprint density at radius 2 is 1.27 bits per heavy atom. The summed E-state index contributed by atoms with van der Waals surface area (Å²) in [6.45, 7) is 0. The van der Waals surface area contributed by atoms with Gasteiger partial charge < -0.3 is 15.7 Å². The van der Waals surface area contributed by atoms with E-state index in [1.54, 1.807) is 0 Å². The maximum Gasteiger partial charge on any atom is 0.202 e. The second-order valence-electron chi connectivity index (χ2n) is 4.06. The minimum absolute atomic E-state index is 0.292. The number of halogens is 5. The van der Waals surface area contributed by atoms with Gasteiger partial charge in [0, 0.05) is 0 Å². The van der Waals surface area contributed by atoms with Crippen LogP contribution in [0.1, 0.15) is 0 Å². The van der Waals surface area contributed by atoms with Gasteiger partial charge in [0.05, 0.1) is 11.4 Å². The molecular formula is C13H7F5N2OS. The Hall–Kier alpha value is -2.42. The molecular weight excluding hydrogens is 327 g/mol. The lowest BCUT2D eigenvalue weighted by molar-refractivity contribution is 0.409. The molecule has 0 amide bonds. The molecule has 0 spiro atoms. The highest BCUT2D eigenvalue weighted by Crippen LogP contribution is 2.28. The van der Waals surface area contributed by atoms with E-state index in [0.29, 0.717) is 6.07 Å². The molecule has 22 heavy (non-hydrogen) atoms. The number of phenols is 1. The average molecular weight is 334 g/mol. The first-order chi connectivity index (χ1) is 10.3. The minimum atomic E-state index is -1.69. The molecule has 9 heteroatoms. The van der Waals surface area contributed by atoms with E-state index >= 15 is 0 Å². The molecule has 2 aromatic rings. The Kier molecular flexibility index (Phi) is 4.45. The van der Waals surface area contributed by atoms with Crippen molar-refractivity contribution in [2.24, 2.45) is 0 Å². The van der Waals surface area contributed by atoms with E-state index in [2.05, 4.69) is 10.6 Å². The van der Waals surface area contributed by atoms with E-state index in [0.717, 1.165) is 18.2 Å². The molecule has 0 saturated heterocycles. The van der Waals surface area contributed by atoms with Gasteiger partial charge in [-0.15, -0.1) is 0 Å². The van der Waals surface area contributed by atoms with E-state index in [9.17, 15) is 27.1 Å². The second-order valence-corrected chi connectivity index (χ2v) is 4.47. The quantitative estimate of drug-likeness (QED) is 0.337. The Bertz CT molecular complexity index is 692. The molecule has 0 aliphatic rings. The molecule has 0 radical (unpaired) electrons. The molecule has 3 N–H and O–H groups in total. The van der Waals surface area contributed by atoms with Crippen LogP contribution in [0, 0.1) is 29.1 Å². The van der Waals surface area contributed by atoms with Crippen LogP contribution in [0.5, 0.6) is 5.75 Å². The molecule has 0 aromatic heterocycles. The lowest BCUT2D eigenvalue weighted by atomic mass is 10.2. The number of rotatable bonds is 2. The van der Waals surface area contributed by atoms with Gasteiger partial charge in [-0.25, -0.2) is 17.6 Å². The molecule has 0 heterocycles. The monoisotopic (exact) mass is 334 g/mol. The Morgan fingerprint density at radius 3 is 1.91 bits per heavy atom. The van der Waals surface area contributed by atoms with E-state index in [4.69, 9.17) is 12.2 Å². The fraction of sp³-hybridized carbons (Fsp3) is 0. The maximum atomic E-state index is 13.4. The molecule has 0 unspecified atom stereocenters. The summed E-state index contributed by atoms with van der Waals surface area (Å²) in [7, 11) is 0. The van der Waals surface area contributed by atoms with Crippen LogP contribution < -0.4 is 10.6 Å². The molecule has 116 valence electrons. The Balaban J connectivity index is 2.18. The minimum Gasteiger partial charge on any atom is -0.503 e. The number of aromatic hydroxyl groups is 1. The highest BCUT2D eigenvalue weighted by atomic mass is 32.1. The van der Waals surface area contributed by atoms with Crippen molar-refractivity contribution in [1.82, 2.24) is 0 Å². The fourth-order valence-electron chi connectivity index (χ4n) is 1.54. The van der Waals surface area contributed by atoms with Gasteiger partial charge in [0.2, 0.25) is 5.82 Å². The summed E-state index contributed by atoms with van der Waals surface area (Å²) in [6.07, 6.45) is 0. The third-order valence-corrected chi connectivity index (χ3v) is 2.80. The first-order valence-electron chi connectivity index (χ1n) is 5.69. The molecule has 2 aromatic carbocycles. The van der Waals surface area contributed by atoms with Crippen molar-refractivity contribution < 1.29 is 27.1 Å². The molecule has 3 nitrogen and oxygen atoms in total. The number of phenolic OH excluding ortho intramolecular Hbond substituents is 1. The predicted octanol–water partition coefficient (Wildman–Crippen LogP) is 3.90. The Morgan fingerprint density at radius 1 is 0.773 bits per heavy atom. The third-order valence-electron chi connectivity index (χ3n) is 2.60. The summed E-state index contributed by atoms with van der Waals surface area (Å²) in [4.78, 5) is 0. The molecule has 0 atom stereocenters. The van der Waals surface area contributed by atoms with Gasteiger partial charge in [0.15, 0.2) is 34.1 Å². The zero-order valence-electron chi connectivity index (χ0n) is 10.6. The van der Waals surface area contributed by atoms with Gasteiger partial charge in [-0.2, -0.15) is 4.39 Å². The highest BCUT2D eigenvalue weighted by Gasteiger charge is 2.16. The van der Waals surface area contributed by atoms with Crippen LogP contribution in [0.4, 0.5) is 33.3 Å². The zero-order valence-corrected chi connectivity index (χ0v) is 11.4. The van der Waals surface area contributed by atoms with Crippen LogP contribution in [0.15, 0.2) is 24.3 Å². The number of hydrogen-bond donors (Lipinski definition) is 3. The van der Waals surface area contributed by atoms with E-state index < -0.39 is 40.5 Å². The van der Waals surface area contributed by atoms with Crippen molar-refractivity contribution in [2.75, 3.05) is 10.6 Å². The maximum absolute atomic E-state index is 13.4. The van der Waals surface area contributed by atoms with E-state index in [1.807, 2.05) is 0 Å². The van der Waals surface area contributed by atoms with E-state index in [1.165, 1.54) is 0 Å². The molecule has 2 rings (SSSR count). The Labute approximate surface area is 126 Å². The van der Waals surface area contributed by atoms with Gasteiger partial charge in [-0.05, 0) is 36.5 Å². The van der Waals surface area contributed by atoms with Gasteiger partial charge in [-0.3, -0.25) is 0 Å². The lowest BCUT2D eigenvalue weighted by Gasteiger charge is -2.13. The third kappa shape index (κ3) is 3.08. The number of thiocarbonyl (C=S) groups is 1. The molecule has 0 saturated carbocycles. The molecule has 0 aliphatic carbocycles. The summed E-state index contributed by atoms with van der Waals surface area (Å²) < 4.78 is 65.2. The van der Waals surface area contributed by atoms with E-state index in [-0.39, 0.29) is 10.8 Å². The van der Waals surface area contributed by atoms with Gasteiger partial charge >= 0.3 is 0 Å². The predicted molar refractivity (Wildman–Crippen MR) is 74.2 cm³/mol. The topological polar surface area (TPSA) is 44.3 Å². The average Bonchev–Trinajstić information content (AvgIpc) is 2.48. The summed E-state index contributed by atoms with van der Waals surface area (Å²) in [6, 6.07) is 3.30. The highest BCUT2D eigenvalue weighted by molar-refractivity contribution is 7.80. The summed E-state index contributed by atoms with van der Waals surface area (Å²) in [5.41, 5.74) is -0.766. The van der Waals surface area contributed by atoms with Crippen molar-refractivity contribution >= 4 is 28.7 Å². The summed E-state index contributed by atoms with van der Waals surface area (Å²) >= 11 is 4.76. The summed E-state index contributed by atoms with van der Waals surface area (Å²) in [5.74, 6) is -8.36. The van der Waals surface area contributed by atoms with Crippen LogP contribution in [0.25, 0.3) is 0 Å². The van der Waals surface area contributed by atoms with Gasteiger partial charge in [0.1, 0.15) is 0 Å². The van der Waals surface area contributed by atoms with Crippen molar-refractivity contribution in [3.63, 3.8) is 0 Å². The van der Waals surface area contributed by atoms with Gasteiger partial charge in [0.25, 0.3) is 0 Å². The van der Waals surface area contributed by atoms with Crippen LogP contribution in [-0.2, 0) is 0 Å². The second kappa shape index (κ2) is 6.14.